The maximum absolute atomic E-state index is 12.2. The maximum Gasteiger partial charge on any atom is 0.164 e. The summed E-state index contributed by atoms with van der Waals surface area (Å²) in [5.41, 5.74) is 7.13. The van der Waals surface area contributed by atoms with Gasteiger partial charge in [-0.1, -0.05) is 142 Å². The zero-order valence-electron chi connectivity index (χ0n) is 36.4. The molecule has 1 aliphatic rings. The predicted octanol–water partition coefficient (Wildman–Crippen LogP) is 13.8. The van der Waals surface area contributed by atoms with Crippen molar-refractivity contribution in [1.82, 2.24) is 4.98 Å². The number of benzene rings is 3. The monoisotopic (exact) mass is 947 g/mol. The molecule has 0 atom stereocenters. The molecule has 0 unspecified atom stereocenters. The summed E-state index contributed by atoms with van der Waals surface area (Å²) in [5.74, 6) is 1.23. The minimum absolute atomic E-state index is 0. The van der Waals surface area contributed by atoms with Crippen molar-refractivity contribution in [1.29, 1.82) is 0 Å². The normalized spacial score (nSPS) is 14.5. The van der Waals surface area contributed by atoms with Gasteiger partial charge in [0.15, 0.2) is 5.78 Å². The number of ketones is 1. The molecule has 2 aromatic heterocycles. The smallest absolute Gasteiger partial charge is 0.164 e. The van der Waals surface area contributed by atoms with Gasteiger partial charge in [-0.15, -0.1) is 29.1 Å². The molecule has 1 N–H and O–H groups in total. The number of carbonyl (C=O) groups excluding carboxylic acids is 1. The van der Waals surface area contributed by atoms with Gasteiger partial charge in [0.25, 0.3) is 0 Å². The van der Waals surface area contributed by atoms with Crippen LogP contribution in [0.25, 0.3) is 44.6 Å². The topological polar surface area (TPSA) is 63.3 Å². The van der Waals surface area contributed by atoms with Crippen molar-refractivity contribution >= 4 is 52.4 Å². The van der Waals surface area contributed by atoms with Crippen LogP contribution in [-0.4, -0.2) is 23.9 Å². The van der Waals surface area contributed by atoms with Crippen molar-refractivity contribution < 1.29 is 34.4 Å². The van der Waals surface area contributed by atoms with E-state index in [0.717, 1.165) is 59.1 Å². The van der Waals surface area contributed by atoms with E-state index in [1.54, 1.807) is 0 Å². The maximum atomic E-state index is 12.2. The number of hydrogen-bond donors (Lipinski definition) is 1. The molecule has 1 radical (unpaired) electrons. The van der Waals surface area contributed by atoms with E-state index in [1.807, 2.05) is 47.7 Å². The summed E-state index contributed by atoms with van der Waals surface area (Å²) in [5, 5.41) is 15.1. The first kappa shape index (κ1) is 45.1. The van der Waals surface area contributed by atoms with Crippen LogP contribution >= 0.6 is 0 Å². The first-order valence-electron chi connectivity index (χ1n) is 20.3. The number of hydrogen-bond acceptors (Lipinski definition) is 4. The summed E-state index contributed by atoms with van der Waals surface area (Å²) in [6.45, 7) is 30.6. The first-order chi connectivity index (χ1) is 25.6. The van der Waals surface area contributed by atoms with E-state index in [2.05, 4.69) is 127 Å². The van der Waals surface area contributed by atoms with Gasteiger partial charge in [0, 0.05) is 65.3 Å². The van der Waals surface area contributed by atoms with Gasteiger partial charge in [0.1, 0.15) is 17.1 Å². The van der Waals surface area contributed by atoms with Crippen LogP contribution in [0.3, 0.4) is 0 Å². The number of carbonyl (C=O) groups is 1. The van der Waals surface area contributed by atoms with Crippen molar-refractivity contribution in [3.8, 4) is 11.3 Å². The van der Waals surface area contributed by atoms with E-state index >= 15 is 0 Å². The molecule has 0 bridgehead atoms. The van der Waals surface area contributed by atoms with Crippen LogP contribution < -0.4 is 5.19 Å². The Morgan fingerprint density at radius 3 is 2.09 bits per heavy atom. The third kappa shape index (κ3) is 8.78. The number of fused-ring (bicyclic) bond motifs is 3. The Balaban J connectivity index is 0.000000330. The van der Waals surface area contributed by atoms with Crippen LogP contribution in [0, 0.1) is 16.9 Å². The summed E-state index contributed by atoms with van der Waals surface area (Å²) >= 11 is 0. The van der Waals surface area contributed by atoms with Gasteiger partial charge in [0.2, 0.25) is 0 Å². The second kappa shape index (κ2) is 16.7. The summed E-state index contributed by atoms with van der Waals surface area (Å²) in [6, 6.07) is 25.7. The van der Waals surface area contributed by atoms with Gasteiger partial charge in [-0.2, -0.15) is 0 Å². The first-order valence-corrected chi connectivity index (χ1v) is 23.8. The number of furan rings is 1. The zero-order valence-corrected chi connectivity index (χ0v) is 39.8. The van der Waals surface area contributed by atoms with Gasteiger partial charge >= 0.3 is 0 Å². The summed E-state index contributed by atoms with van der Waals surface area (Å²) in [7, 11) is -1.42. The number of allylic oxidation sites excluding steroid dienone is 3. The Morgan fingerprint density at radius 1 is 0.875 bits per heavy atom. The second-order valence-electron chi connectivity index (χ2n) is 18.7. The summed E-state index contributed by atoms with van der Waals surface area (Å²) < 4.78 is 6.55. The van der Waals surface area contributed by atoms with Crippen LogP contribution in [0.1, 0.15) is 124 Å². The Bertz CT molecular complexity index is 2270. The van der Waals surface area contributed by atoms with E-state index in [-0.39, 0.29) is 53.3 Å². The molecular formula is C50H64IrNO3Si-. The minimum Gasteiger partial charge on any atom is -0.512 e. The number of aromatic nitrogens is 1. The Labute approximate surface area is 351 Å². The fraction of sp³-hybridized carbons (Fsp3) is 0.440. The molecule has 6 heteroatoms. The van der Waals surface area contributed by atoms with Gasteiger partial charge in [-0.25, -0.2) is 0 Å². The third-order valence-electron chi connectivity index (χ3n) is 12.7. The van der Waals surface area contributed by atoms with E-state index in [0.29, 0.717) is 0 Å². The quantitative estimate of drug-likeness (QED) is 0.0656. The van der Waals surface area contributed by atoms with Crippen LogP contribution in [0.2, 0.25) is 19.6 Å². The van der Waals surface area contributed by atoms with Crippen molar-refractivity contribution in [2.24, 2.45) is 10.8 Å². The summed E-state index contributed by atoms with van der Waals surface area (Å²) in [6.07, 6.45) is 8.98. The number of aliphatic hydroxyl groups excluding tert-OH is 1. The zero-order chi connectivity index (χ0) is 40.7. The van der Waals surface area contributed by atoms with Gasteiger partial charge in [-0.3, -0.25) is 9.78 Å². The molecule has 0 aliphatic heterocycles. The Kier molecular flexibility index (Phi) is 13.5. The van der Waals surface area contributed by atoms with E-state index in [1.165, 1.54) is 38.9 Å². The average Bonchev–Trinajstić information content (AvgIpc) is 3.70. The molecule has 0 saturated heterocycles. The third-order valence-corrected chi connectivity index (χ3v) is 14.7. The molecule has 0 amide bonds. The largest absolute Gasteiger partial charge is 0.512 e. The Hall–Kier alpha value is -3.57. The van der Waals surface area contributed by atoms with Crippen LogP contribution in [0.4, 0.5) is 0 Å². The van der Waals surface area contributed by atoms with Crippen LogP contribution in [0.5, 0.6) is 0 Å². The number of rotatable bonds is 10. The molecule has 0 fully saturated rings. The average molecular weight is 947 g/mol. The SMILES string of the molecule is CC(C)(C)c1cc(-c2nccc3c2C(C)(C)C(c2cc4ccc([Si](C)(C)C)cc4o2)=C3)[c-]c2ccccc12.CCC(C)(CC)C(=O)/C=C(\O)C(C)(CC)CC.[Ir]. The second-order valence-corrected chi connectivity index (χ2v) is 23.8. The molecule has 1 aliphatic carbocycles. The van der Waals surface area contributed by atoms with Crippen molar-refractivity contribution in [2.75, 3.05) is 0 Å². The molecule has 6 rings (SSSR count). The van der Waals surface area contributed by atoms with Crippen LogP contribution in [-0.2, 0) is 35.7 Å². The van der Waals surface area contributed by atoms with Gasteiger partial charge in [0.05, 0.1) is 8.07 Å². The standard InChI is InChI=1S/C35H36NOSi.C15H28O2.Ir/c1-34(2,3)28-19-25(17-22-11-9-10-12-27(22)28)33-32-24(15-16-36-33)18-29(35(32,4)5)31-20-23-13-14-26(38(6,7)8)21-30(23)37-31;1-7-14(5,8-2)12(16)11-13(17)15(6,9-3)10-4;/h9-16,18-21H,1-8H3;11,16H,7-10H2,1-6H3;/q-1;;/b;12-11-;. The van der Waals surface area contributed by atoms with E-state index in [4.69, 9.17) is 9.40 Å². The molecule has 5 aromatic rings. The Morgan fingerprint density at radius 2 is 1.50 bits per heavy atom. The van der Waals surface area contributed by atoms with Crippen molar-refractivity contribution in [2.45, 2.75) is 132 Å². The molecule has 56 heavy (non-hydrogen) atoms. The molecule has 0 saturated carbocycles. The summed E-state index contributed by atoms with van der Waals surface area (Å²) in [4.78, 5) is 17.1. The molecule has 301 valence electrons. The molecule has 0 spiro atoms. The molecule has 2 heterocycles. The molecular weight excluding hydrogens is 883 g/mol. The number of pyridine rings is 1. The van der Waals surface area contributed by atoms with Crippen molar-refractivity contribution in [3.63, 3.8) is 0 Å². The van der Waals surface area contributed by atoms with E-state index in [9.17, 15) is 9.90 Å². The molecule has 4 nitrogen and oxygen atoms in total. The van der Waals surface area contributed by atoms with Gasteiger partial charge < -0.3 is 9.52 Å². The fourth-order valence-corrected chi connectivity index (χ4v) is 8.75. The fourth-order valence-electron chi connectivity index (χ4n) is 7.60. The minimum atomic E-state index is -1.42. The van der Waals surface area contributed by atoms with Gasteiger partial charge in [-0.05, 0) is 66.5 Å². The van der Waals surface area contributed by atoms with Crippen molar-refractivity contribution in [3.05, 3.63) is 107 Å². The molecule has 3 aromatic carbocycles. The number of nitrogens with zero attached hydrogens (tertiary/aromatic N) is 1. The predicted molar refractivity (Wildman–Crippen MR) is 238 cm³/mol. The van der Waals surface area contributed by atoms with Crippen LogP contribution in [0.15, 0.2) is 83.1 Å². The van der Waals surface area contributed by atoms with E-state index < -0.39 is 8.07 Å². The number of aliphatic hydroxyl groups is 1.